The Bertz CT molecular complexity index is 554. The average Bonchev–Trinajstić information content (AvgIpc) is 3.15. The molecule has 2 heterocycles. The SMILES string of the molecule is O=C1NC2(CCCC2)C(=O)N1CC(=O)N1CCC[C@H]2CCCC[C@@H]21. The van der Waals surface area contributed by atoms with Crippen LogP contribution in [0.1, 0.15) is 64.2 Å². The lowest BCUT2D eigenvalue weighted by Crippen LogP contribution is -2.53. The summed E-state index contributed by atoms with van der Waals surface area (Å²) in [6.07, 6.45) is 10.3. The molecule has 2 saturated carbocycles. The molecule has 0 bridgehead atoms. The zero-order valence-electron chi connectivity index (χ0n) is 14.3. The Labute approximate surface area is 142 Å². The molecule has 0 aromatic heterocycles. The number of hydrogen-bond acceptors (Lipinski definition) is 3. The number of imide groups is 1. The van der Waals surface area contributed by atoms with E-state index in [0.29, 0.717) is 24.8 Å². The number of hydrogen-bond donors (Lipinski definition) is 1. The summed E-state index contributed by atoms with van der Waals surface area (Å²) in [5, 5.41) is 2.86. The summed E-state index contributed by atoms with van der Waals surface area (Å²) < 4.78 is 0. The van der Waals surface area contributed by atoms with Gasteiger partial charge < -0.3 is 10.2 Å². The largest absolute Gasteiger partial charge is 0.338 e. The van der Waals surface area contributed by atoms with Crippen LogP contribution in [0.5, 0.6) is 0 Å². The summed E-state index contributed by atoms with van der Waals surface area (Å²) in [5.74, 6) is 0.376. The van der Waals surface area contributed by atoms with Crippen LogP contribution < -0.4 is 5.32 Å². The summed E-state index contributed by atoms with van der Waals surface area (Å²) in [4.78, 5) is 41.0. The number of carbonyl (C=O) groups excluding carboxylic acids is 3. The van der Waals surface area contributed by atoms with E-state index in [1.807, 2.05) is 4.90 Å². The minimum atomic E-state index is -0.716. The first kappa shape index (κ1) is 15.9. The molecule has 4 amide bonds. The Morgan fingerprint density at radius 1 is 1.04 bits per heavy atom. The quantitative estimate of drug-likeness (QED) is 0.786. The van der Waals surface area contributed by atoms with Crippen LogP contribution in [-0.4, -0.2) is 52.3 Å². The zero-order valence-corrected chi connectivity index (χ0v) is 14.3. The van der Waals surface area contributed by atoms with E-state index < -0.39 is 5.54 Å². The lowest BCUT2D eigenvalue weighted by Gasteiger charge is -2.44. The smallest absolute Gasteiger partial charge is 0.325 e. The average molecular weight is 333 g/mol. The molecular weight excluding hydrogens is 306 g/mol. The number of carbonyl (C=O) groups is 3. The standard InChI is InChI=1S/C18H27N3O3/c22-15(20-11-5-7-13-6-1-2-8-14(13)20)12-21-16(23)18(19-17(21)24)9-3-4-10-18/h13-14H,1-12H2,(H,19,24)/t13-,14+/m1/s1. The van der Waals surface area contributed by atoms with Gasteiger partial charge in [0, 0.05) is 12.6 Å². The fourth-order valence-corrected chi connectivity index (χ4v) is 5.30. The molecule has 0 aromatic rings. The van der Waals surface area contributed by atoms with Gasteiger partial charge in [0.15, 0.2) is 0 Å². The minimum Gasteiger partial charge on any atom is -0.338 e. The first-order chi connectivity index (χ1) is 11.6. The number of nitrogens with one attached hydrogen (secondary N) is 1. The van der Waals surface area contributed by atoms with Gasteiger partial charge in [-0.1, -0.05) is 25.7 Å². The van der Waals surface area contributed by atoms with Crippen molar-refractivity contribution < 1.29 is 14.4 Å². The van der Waals surface area contributed by atoms with E-state index in [0.717, 1.165) is 32.2 Å². The lowest BCUT2D eigenvalue weighted by molar-refractivity contribution is -0.142. The maximum atomic E-state index is 12.9. The van der Waals surface area contributed by atoms with Crippen molar-refractivity contribution in [2.45, 2.75) is 75.8 Å². The molecular formula is C18H27N3O3. The topological polar surface area (TPSA) is 69.7 Å². The summed E-state index contributed by atoms with van der Waals surface area (Å²) in [7, 11) is 0. The highest BCUT2D eigenvalue weighted by Crippen LogP contribution is 2.37. The molecule has 6 heteroatoms. The highest BCUT2D eigenvalue weighted by atomic mass is 16.2. The molecule has 0 aromatic carbocycles. The van der Waals surface area contributed by atoms with Crippen LogP contribution in [0.25, 0.3) is 0 Å². The van der Waals surface area contributed by atoms with Crippen LogP contribution in [0, 0.1) is 5.92 Å². The number of likely N-dealkylation sites (tertiary alicyclic amines) is 1. The predicted octanol–water partition coefficient (Wildman–Crippen LogP) is 2.03. The van der Waals surface area contributed by atoms with E-state index in [-0.39, 0.29) is 24.4 Å². The second kappa shape index (κ2) is 6.05. The van der Waals surface area contributed by atoms with Crippen molar-refractivity contribution in [3.05, 3.63) is 0 Å². The molecule has 2 atom stereocenters. The van der Waals surface area contributed by atoms with Gasteiger partial charge in [0.1, 0.15) is 12.1 Å². The van der Waals surface area contributed by atoms with Gasteiger partial charge in [0.25, 0.3) is 5.91 Å². The Hall–Kier alpha value is -1.59. The summed E-state index contributed by atoms with van der Waals surface area (Å²) >= 11 is 0. The van der Waals surface area contributed by atoms with E-state index in [2.05, 4.69) is 5.32 Å². The molecule has 2 aliphatic carbocycles. The molecule has 4 rings (SSSR count). The van der Waals surface area contributed by atoms with E-state index >= 15 is 0 Å². The summed E-state index contributed by atoms with van der Waals surface area (Å²) in [6, 6.07) is -0.0614. The predicted molar refractivity (Wildman–Crippen MR) is 88.1 cm³/mol. The monoisotopic (exact) mass is 333 g/mol. The molecule has 2 aliphatic heterocycles. The second-order valence-electron chi connectivity index (χ2n) is 7.95. The van der Waals surface area contributed by atoms with E-state index in [4.69, 9.17) is 0 Å². The van der Waals surface area contributed by atoms with E-state index in [1.54, 1.807) is 0 Å². The molecule has 0 radical (unpaired) electrons. The van der Waals surface area contributed by atoms with Crippen molar-refractivity contribution in [3.63, 3.8) is 0 Å². The number of fused-ring (bicyclic) bond motifs is 1. The third-order valence-corrected chi connectivity index (χ3v) is 6.56. The number of nitrogens with zero attached hydrogens (tertiary/aromatic N) is 2. The number of rotatable bonds is 2. The molecule has 4 aliphatic rings. The van der Waals surface area contributed by atoms with Crippen molar-refractivity contribution in [1.29, 1.82) is 0 Å². The van der Waals surface area contributed by atoms with Gasteiger partial charge in [-0.25, -0.2) is 4.79 Å². The molecule has 6 nitrogen and oxygen atoms in total. The normalized spacial score (nSPS) is 32.2. The molecule has 2 saturated heterocycles. The third-order valence-electron chi connectivity index (χ3n) is 6.56. The van der Waals surface area contributed by atoms with Crippen molar-refractivity contribution in [2.24, 2.45) is 5.92 Å². The fourth-order valence-electron chi connectivity index (χ4n) is 5.30. The molecule has 132 valence electrons. The zero-order chi connectivity index (χ0) is 16.7. The molecule has 1 spiro atoms. The van der Waals surface area contributed by atoms with Crippen molar-refractivity contribution in [3.8, 4) is 0 Å². The molecule has 0 unspecified atom stereocenters. The third kappa shape index (κ3) is 2.50. The van der Waals surface area contributed by atoms with E-state index in [1.165, 1.54) is 30.6 Å². The Kier molecular flexibility index (Phi) is 4.01. The number of urea groups is 1. The molecule has 4 fully saturated rings. The highest BCUT2D eigenvalue weighted by molar-refractivity contribution is 6.09. The van der Waals surface area contributed by atoms with Crippen LogP contribution in [0.4, 0.5) is 4.79 Å². The van der Waals surface area contributed by atoms with Crippen molar-refractivity contribution in [2.75, 3.05) is 13.1 Å². The number of amides is 4. The van der Waals surface area contributed by atoms with Gasteiger partial charge in [-0.3, -0.25) is 14.5 Å². The minimum absolute atomic E-state index is 0.0508. The van der Waals surface area contributed by atoms with Gasteiger partial charge >= 0.3 is 6.03 Å². The van der Waals surface area contributed by atoms with Gasteiger partial charge in [0.2, 0.25) is 5.91 Å². The van der Waals surface area contributed by atoms with Gasteiger partial charge in [-0.15, -0.1) is 0 Å². The van der Waals surface area contributed by atoms with Crippen LogP contribution in [0.2, 0.25) is 0 Å². The van der Waals surface area contributed by atoms with Crippen LogP contribution in [0.3, 0.4) is 0 Å². The van der Waals surface area contributed by atoms with Gasteiger partial charge in [-0.2, -0.15) is 0 Å². The Morgan fingerprint density at radius 3 is 2.54 bits per heavy atom. The maximum absolute atomic E-state index is 12.9. The first-order valence-corrected chi connectivity index (χ1v) is 9.54. The van der Waals surface area contributed by atoms with Crippen molar-refractivity contribution in [1.82, 2.24) is 15.1 Å². The number of piperidine rings is 1. The fraction of sp³-hybridized carbons (Fsp3) is 0.833. The van der Waals surface area contributed by atoms with Crippen LogP contribution in [0.15, 0.2) is 0 Å². The van der Waals surface area contributed by atoms with Crippen molar-refractivity contribution >= 4 is 17.8 Å². The molecule has 24 heavy (non-hydrogen) atoms. The maximum Gasteiger partial charge on any atom is 0.325 e. The molecule has 1 N–H and O–H groups in total. The summed E-state index contributed by atoms with van der Waals surface area (Å²) in [5.41, 5.74) is -0.716. The Balaban J connectivity index is 1.45. The lowest BCUT2D eigenvalue weighted by atomic mass is 9.78. The summed E-state index contributed by atoms with van der Waals surface area (Å²) in [6.45, 7) is 0.685. The van der Waals surface area contributed by atoms with Crippen LogP contribution in [-0.2, 0) is 9.59 Å². The van der Waals surface area contributed by atoms with Crippen LogP contribution >= 0.6 is 0 Å². The van der Waals surface area contributed by atoms with Gasteiger partial charge in [0.05, 0.1) is 0 Å². The first-order valence-electron chi connectivity index (χ1n) is 9.54. The van der Waals surface area contributed by atoms with Gasteiger partial charge in [-0.05, 0) is 44.4 Å². The van der Waals surface area contributed by atoms with E-state index in [9.17, 15) is 14.4 Å². The highest BCUT2D eigenvalue weighted by Gasteiger charge is 2.53. The Morgan fingerprint density at radius 2 is 1.75 bits per heavy atom. The second-order valence-corrected chi connectivity index (χ2v) is 7.95.